The number of ether oxygens (including phenoxy) is 1. The number of H-pyrrole nitrogens is 1. The van der Waals surface area contributed by atoms with Crippen molar-refractivity contribution in [2.45, 2.75) is 44.2 Å². The van der Waals surface area contributed by atoms with Crippen molar-refractivity contribution in [3.05, 3.63) is 30.0 Å². The molecule has 11 heteroatoms. The number of aromatic amines is 1. The van der Waals surface area contributed by atoms with Gasteiger partial charge in [-0.15, -0.1) is 0 Å². The molecule has 2 aromatic rings. The molecule has 2 aliphatic heterocycles. The first-order valence-corrected chi connectivity index (χ1v) is 13.3. The number of benzene rings is 1. The molecule has 5 rings (SSSR count). The van der Waals surface area contributed by atoms with E-state index in [2.05, 4.69) is 20.9 Å². The number of methoxy groups -OCH3 is 1. The molecule has 3 fully saturated rings. The van der Waals surface area contributed by atoms with Crippen molar-refractivity contribution >= 4 is 34.4 Å². The number of nitrogens with one attached hydrogen (secondary N) is 4. The van der Waals surface area contributed by atoms with Gasteiger partial charge in [0.2, 0.25) is 11.8 Å². The zero-order valence-electron chi connectivity index (χ0n) is 21.5. The number of aromatic nitrogens is 1. The maximum absolute atomic E-state index is 13.8. The number of fused-ring (bicyclic) bond motifs is 2. The van der Waals surface area contributed by atoms with Crippen LogP contribution in [0.1, 0.15) is 42.6 Å². The molecule has 3 heterocycles. The third-order valence-corrected chi connectivity index (χ3v) is 8.29. The van der Waals surface area contributed by atoms with E-state index in [0.717, 1.165) is 30.2 Å². The maximum atomic E-state index is 13.8. The summed E-state index contributed by atoms with van der Waals surface area (Å²) in [6.07, 6.45) is 3.55. The van der Waals surface area contributed by atoms with Gasteiger partial charge in [0.15, 0.2) is 5.78 Å². The highest BCUT2D eigenvalue weighted by molar-refractivity contribution is 6.02. The van der Waals surface area contributed by atoms with Gasteiger partial charge in [0.1, 0.15) is 17.5 Å². The first kappa shape index (κ1) is 26.2. The molecule has 5 N–H and O–H groups in total. The van der Waals surface area contributed by atoms with Crippen LogP contribution in [-0.2, 0) is 14.4 Å². The number of ketones is 1. The Labute approximate surface area is 220 Å². The minimum Gasteiger partial charge on any atom is -0.496 e. The Morgan fingerprint density at radius 1 is 1.24 bits per heavy atom. The molecule has 1 aromatic carbocycles. The monoisotopic (exact) mass is 525 g/mol. The van der Waals surface area contributed by atoms with Crippen LogP contribution >= 0.6 is 0 Å². The zero-order chi connectivity index (χ0) is 26.8. The summed E-state index contributed by atoms with van der Waals surface area (Å²) in [5.41, 5.74) is 1.15. The fourth-order valence-electron chi connectivity index (χ4n) is 6.41. The lowest BCUT2D eigenvalue weighted by molar-refractivity contribution is -0.131. The number of carbonyl (C=O) groups is 4. The van der Waals surface area contributed by atoms with Crippen molar-refractivity contribution in [1.82, 2.24) is 25.8 Å². The summed E-state index contributed by atoms with van der Waals surface area (Å²) in [5, 5.41) is 18.1. The van der Waals surface area contributed by atoms with E-state index in [9.17, 15) is 19.2 Å². The highest BCUT2D eigenvalue weighted by Crippen LogP contribution is 2.43. The molecule has 38 heavy (non-hydrogen) atoms. The summed E-state index contributed by atoms with van der Waals surface area (Å²) >= 11 is 0. The molecule has 204 valence electrons. The van der Waals surface area contributed by atoms with Crippen molar-refractivity contribution in [2.75, 3.05) is 33.5 Å². The standard InChI is InChI=1S/C27H35N5O6/c1-38-23-7-3-6-19-18(23)11-21(30-19)27(37)32-13-16-4-2-5-17(16)24(32)26(36)31-20(22(34)12-28-14-33)10-15-8-9-29-25(15)35/h3,6-7,11,15-17,20,24,28,30,33H,2,4-5,8-10,12-14H2,1H3,(H,29,35)(H,31,36). The van der Waals surface area contributed by atoms with E-state index >= 15 is 0 Å². The van der Waals surface area contributed by atoms with Crippen molar-refractivity contribution in [2.24, 2.45) is 17.8 Å². The Hall–Kier alpha value is -3.44. The second-order valence-electron chi connectivity index (χ2n) is 10.5. The molecular weight excluding hydrogens is 490 g/mol. The number of Topliss-reactive ketones (excluding diaryl/α,β-unsaturated/α-hetero) is 1. The number of carbonyl (C=O) groups excluding carboxylic acids is 4. The quantitative estimate of drug-likeness (QED) is 0.284. The van der Waals surface area contributed by atoms with Gasteiger partial charge in [-0.1, -0.05) is 12.5 Å². The molecule has 0 bridgehead atoms. The predicted octanol–water partition coefficient (Wildman–Crippen LogP) is 0.537. The van der Waals surface area contributed by atoms with Gasteiger partial charge >= 0.3 is 0 Å². The lowest BCUT2D eigenvalue weighted by Gasteiger charge is -2.29. The SMILES string of the molecule is COc1cccc2[nH]c(C(=O)N3CC4CCCC4C3C(=O)NC(CC3CCNC3=O)C(=O)CNCO)cc12. The van der Waals surface area contributed by atoms with E-state index in [0.29, 0.717) is 31.0 Å². The number of aliphatic hydroxyl groups excluding tert-OH is 1. The van der Waals surface area contributed by atoms with Crippen molar-refractivity contribution < 1.29 is 29.0 Å². The Morgan fingerprint density at radius 3 is 2.82 bits per heavy atom. The number of nitrogens with zero attached hydrogens (tertiary/aromatic N) is 1. The van der Waals surface area contributed by atoms with Gasteiger partial charge in [-0.25, -0.2) is 0 Å². The van der Waals surface area contributed by atoms with E-state index in [1.165, 1.54) is 0 Å². The van der Waals surface area contributed by atoms with Crippen molar-refractivity contribution in [3.63, 3.8) is 0 Å². The molecule has 0 radical (unpaired) electrons. The molecule has 1 aromatic heterocycles. The number of amides is 3. The fraction of sp³-hybridized carbons (Fsp3) is 0.556. The summed E-state index contributed by atoms with van der Waals surface area (Å²) in [5.74, 6) is -0.568. The van der Waals surface area contributed by atoms with Crippen LogP contribution < -0.4 is 20.7 Å². The van der Waals surface area contributed by atoms with E-state index in [1.807, 2.05) is 18.2 Å². The van der Waals surface area contributed by atoms with Gasteiger partial charge < -0.3 is 30.4 Å². The number of aliphatic hydroxyl groups is 1. The Morgan fingerprint density at radius 2 is 2.08 bits per heavy atom. The van der Waals surface area contributed by atoms with Crippen LogP contribution in [0.3, 0.4) is 0 Å². The molecule has 1 aliphatic carbocycles. The van der Waals surface area contributed by atoms with E-state index in [4.69, 9.17) is 9.84 Å². The molecule has 5 unspecified atom stereocenters. The van der Waals surface area contributed by atoms with Crippen LogP contribution in [0.25, 0.3) is 10.9 Å². The molecule has 5 atom stereocenters. The van der Waals surface area contributed by atoms with Crippen LogP contribution in [0.5, 0.6) is 5.75 Å². The van der Waals surface area contributed by atoms with E-state index < -0.39 is 12.1 Å². The van der Waals surface area contributed by atoms with Gasteiger partial charge in [-0.05, 0) is 55.7 Å². The normalized spacial score (nSPS) is 25.3. The second kappa shape index (κ2) is 11.1. The smallest absolute Gasteiger partial charge is 0.271 e. The van der Waals surface area contributed by atoms with Crippen LogP contribution in [-0.4, -0.2) is 84.1 Å². The zero-order valence-corrected chi connectivity index (χ0v) is 21.5. The van der Waals surface area contributed by atoms with Gasteiger partial charge in [-0.3, -0.25) is 24.5 Å². The molecule has 11 nitrogen and oxygen atoms in total. The molecule has 3 amide bonds. The maximum Gasteiger partial charge on any atom is 0.271 e. The molecule has 0 spiro atoms. The minimum atomic E-state index is -0.898. The number of rotatable bonds is 10. The Kier molecular flexibility index (Phi) is 7.66. The topological polar surface area (TPSA) is 153 Å². The Balaban J connectivity index is 1.39. The highest BCUT2D eigenvalue weighted by atomic mass is 16.5. The third-order valence-electron chi connectivity index (χ3n) is 8.29. The summed E-state index contributed by atoms with van der Waals surface area (Å²) in [4.78, 5) is 57.5. The van der Waals surface area contributed by atoms with Gasteiger partial charge in [0, 0.05) is 29.9 Å². The summed E-state index contributed by atoms with van der Waals surface area (Å²) in [6, 6.07) is 5.69. The number of hydrogen-bond acceptors (Lipinski definition) is 7. The third kappa shape index (κ3) is 5.00. The van der Waals surface area contributed by atoms with Crippen LogP contribution in [0, 0.1) is 17.8 Å². The molecule has 1 saturated carbocycles. The number of hydrogen-bond donors (Lipinski definition) is 5. The van der Waals surface area contributed by atoms with Gasteiger partial charge in [-0.2, -0.15) is 0 Å². The number of likely N-dealkylation sites (tertiary alicyclic amines) is 1. The van der Waals surface area contributed by atoms with E-state index in [-0.39, 0.29) is 61.0 Å². The lowest BCUT2D eigenvalue weighted by atomic mass is 9.92. The minimum absolute atomic E-state index is 0.0129. The highest BCUT2D eigenvalue weighted by Gasteiger charge is 2.50. The molecular formula is C27H35N5O6. The van der Waals surface area contributed by atoms with Crippen molar-refractivity contribution in [1.29, 1.82) is 0 Å². The molecule has 3 aliphatic rings. The van der Waals surface area contributed by atoms with Gasteiger partial charge in [0.05, 0.1) is 26.4 Å². The van der Waals surface area contributed by atoms with Gasteiger partial charge in [0.25, 0.3) is 5.91 Å². The summed E-state index contributed by atoms with van der Waals surface area (Å²) < 4.78 is 5.43. The van der Waals surface area contributed by atoms with Crippen LogP contribution in [0.4, 0.5) is 0 Å². The average molecular weight is 526 g/mol. The molecule has 2 saturated heterocycles. The van der Waals surface area contributed by atoms with Crippen LogP contribution in [0.2, 0.25) is 0 Å². The first-order valence-electron chi connectivity index (χ1n) is 13.3. The average Bonchev–Trinajstić information content (AvgIpc) is 3.69. The summed E-state index contributed by atoms with van der Waals surface area (Å²) in [7, 11) is 1.58. The lowest BCUT2D eigenvalue weighted by Crippen LogP contribution is -2.54. The predicted molar refractivity (Wildman–Crippen MR) is 138 cm³/mol. The fourth-order valence-corrected chi connectivity index (χ4v) is 6.41. The van der Waals surface area contributed by atoms with Crippen LogP contribution in [0.15, 0.2) is 24.3 Å². The summed E-state index contributed by atoms with van der Waals surface area (Å²) in [6.45, 7) is 0.507. The Bertz CT molecular complexity index is 1230. The largest absolute Gasteiger partial charge is 0.496 e. The first-order chi connectivity index (χ1) is 18.4. The van der Waals surface area contributed by atoms with E-state index in [1.54, 1.807) is 18.1 Å². The van der Waals surface area contributed by atoms with Crippen molar-refractivity contribution in [3.8, 4) is 5.75 Å². The second-order valence-corrected chi connectivity index (χ2v) is 10.5.